The van der Waals surface area contributed by atoms with Gasteiger partial charge in [0.05, 0.1) is 29.4 Å². The molecule has 35 heavy (non-hydrogen) atoms. The van der Waals surface area contributed by atoms with Crippen LogP contribution >= 0.6 is 23.8 Å². The topological polar surface area (TPSA) is 87.8 Å². The second-order valence-electron chi connectivity index (χ2n) is 7.90. The number of carboxylic acids is 1. The minimum absolute atomic E-state index is 0.212. The molecule has 4 aromatic rings. The van der Waals surface area contributed by atoms with Crippen molar-refractivity contribution in [1.82, 2.24) is 10.3 Å². The summed E-state index contributed by atoms with van der Waals surface area (Å²) in [5.41, 5.74) is 2.57. The summed E-state index contributed by atoms with van der Waals surface area (Å²) in [7, 11) is 1.57. The van der Waals surface area contributed by atoms with Crippen molar-refractivity contribution in [3.63, 3.8) is 0 Å². The summed E-state index contributed by atoms with van der Waals surface area (Å²) in [4.78, 5) is 17.7. The lowest BCUT2D eigenvalue weighted by Crippen LogP contribution is -2.29. The Labute approximate surface area is 211 Å². The number of benzene rings is 2. The summed E-state index contributed by atoms with van der Waals surface area (Å²) >= 11 is 12.2. The minimum atomic E-state index is -0.978. The normalized spacial score (nSPS) is 17.3. The van der Waals surface area contributed by atoms with Gasteiger partial charge in [0, 0.05) is 17.4 Å². The fourth-order valence-electron chi connectivity index (χ4n) is 4.17. The molecule has 9 heteroatoms. The van der Waals surface area contributed by atoms with Crippen LogP contribution in [-0.2, 0) is 0 Å². The summed E-state index contributed by atoms with van der Waals surface area (Å²) < 4.78 is 11.6. The third-order valence-corrected chi connectivity index (χ3v) is 6.46. The highest BCUT2D eigenvalue weighted by molar-refractivity contribution is 7.80. The minimum Gasteiger partial charge on any atom is -0.495 e. The summed E-state index contributed by atoms with van der Waals surface area (Å²) in [6.45, 7) is 0. The number of hydrogen-bond acceptors (Lipinski definition) is 5. The average Bonchev–Trinajstić information content (AvgIpc) is 3.49. The smallest absolute Gasteiger partial charge is 0.335 e. The number of carbonyl (C=O) groups is 1. The number of carboxylic acid groups (broad SMARTS) is 1. The Bertz CT molecular complexity index is 1390. The first kappa shape index (κ1) is 22.9. The molecule has 1 aliphatic heterocycles. The highest BCUT2D eigenvalue weighted by atomic mass is 35.5. The van der Waals surface area contributed by atoms with E-state index in [1.54, 1.807) is 49.7 Å². The highest BCUT2D eigenvalue weighted by Crippen LogP contribution is 2.44. The van der Waals surface area contributed by atoms with Gasteiger partial charge in [-0.1, -0.05) is 29.8 Å². The van der Waals surface area contributed by atoms with Gasteiger partial charge in [-0.2, -0.15) is 0 Å². The van der Waals surface area contributed by atoms with Crippen LogP contribution in [0.1, 0.15) is 33.9 Å². The molecule has 0 bridgehead atoms. The summed E-state index contributed by atoms with van der Waals surface area (Å²) in [5, 5.41) is 13.5. The number of aromatic carboxylic acids is 1. The number of anilines is 1. The second kappa shape index (κ2) is 9.40. The van der Waals surface area contributed by atoms with Crippen LogP contribution in [0, 0.1) is 0 Å². The first-order chi connectivity index (χ1) is 17.0. The average molecular weight is 506 g/mol. The van der Waals surface area contributed by atoms with Crippen molar-refractivity contribution in [3.8, 4) is 17.1 Å². The number of furan rings is 1. The quantitative estimate of drug-likeness (QED) is 0.314. The zero-order valence-electron chi connectivity index (χ0n) is 18.5. The van der Waals surface area contributed by atoms with Gasteiger partial charge in [-0.05, 0) is 66.8 Å². The molecule has 0 unspecified atom stereocenters. The second-order valence-corrected chi connectivity index (χ2v) is 8.69. The lowest BCUT2D eigenvalue weighted by atomic mass is 10.0. The number of hydrogen-bond donors (Lipinski definition) is 2. The van der Waals surface area contributed by atoms with Crippen molar-refractivity contribution in [2.45, 2.75) is 12.1 Å². The van der Waals surface area contributed by atoms with E-state index in [1.807, 2.05) is 41.3 Å². The van der Waals surface area contributed by atoms with E-state index in [4.69, 9.17) is 33.0 Å². The summed E-state index contributed by atoms with van der Waals surface area (Å²) in [5.74, 6) is 0.866. The van der Waals surface area contributed by atoms with Gasteiger partial charge in [-0.3, -0.25) is 4.98 Å². The van der Waals surface area contributed by atoms with Gasteiger partial charge < -0.3 is 24.5 Å². The number of aromatic nitrogens is 1. The van der Waals surface area contributed by atoms with E-state index >= 15 is 0 Å². The molecule has 1 aliphatic rings. The predicted octanol–water partition coefficient (Wildman–Crippen LogP) is 5.88. The van der Waals surface area contributed by atoms with Crippen LogP contribution in [0.15, 0.2) is 83.4 Å². The lowest BCUT2D eigenvalue weighted by molar-refractivity contribution is 0.0697. The molecule has 0 radical (unpaired) electrons. The molecule has 0 aliphatic carbocycles. The lowest BCUT2D eigenvalue weighted by Gasteiger charge is -2.26. The molecule has 0 amide bonds. The number of nitrogens with zero attached hydrogens (tertiary/aromatic N) is 2. The van der Waals surface area contributed by atoms with Crippen molar-refractivity contribution < 1.29 is 19.1 Å². The van der Waals surface area contributed by atoms with Crippen LogP contribution in [0.25, 0.3) is 11.3 Å². The third kappa shape index (κ3) is 4.34. The SMILES string of the molecule is COc1ccc(N2C(=S)N[C@@H](c3ccccn3)[C@@H]2c2ccc(-c3ccc(C(=O)O)cc3)o2)cc1Cl. The number of halogens is 1. The largest absolute Gasteiger partial charge is 0.495 e. The van der Waals surface area contributed by atoms with Crippen molar-refractivity contribution >= 4 is 40.6 Å². The molecule has 1 saturated heterocycles. The number of thiocarbonyl (C=S) groups is 1. The first-order valence-electron chi connectivity index (χ1n) is 10.7. The molecule has 2 aromatic carbocycles. The standard InChI is InChI=1S/C26H20ClN3O4S/c1-33-21-10-9-17(14-18(21)27)30-24(23(29-26(30)35)19-4-2-3-13-28-19)22-12-11-20(34-22)15-5-7-16(8-6-15)25(31)32/h2-14,23-24H,1H3,(H,29,35)(H,31,32)/t23-,24-/m0/s1. The molecule has 2 aromatic heterocycles. The molecule has 176 valence electrons. The Balaban J connectivity index is 1.57. The highest BCUT2D eigenvalue weighted by Gasteiger charge is 2.42. The molecule has 7 nitrogen and oxygen atoms in total. The predicted molar refractivity (Wildman–Crippen MR) is 137 cm³/mol. The van der Waals surface area contributed by atoms with Gasteiger partial charge in [-0.15, -0.1) is 0 Å². The molecule has 0 spiro atoms. The van der Waals surface area contributed by atoms with Gasteiger partial charge in [0.1, 0.15) is 23.3 Å². The van der Waals surface area contributed by atoms with Crippen LogP contribution in [-0.4, -0.2) is 28.3 Å². The maximum absolute atomic E-state index is 11.2. The molecule has 0 saturated carbocycles. The number of nitrogens with one attached hydrogen (secondary N) is 1. The number of methoxy groups -OCH3 is 1. The van der Waals surface area contributed by atoms with Crippen LogP contribution in [0.3, 0.4) is 0 Å². The van der Waals surface area contributed by atoms with Gasteiger partial charge in [0.25, 0.3) is 0 Å². The Kier molecular flexibility index (Phi) is 6.15. The Morgan fingerprint density at radius 3 is 2.60 bits per heavy atom. The summed E-state index contributed by atoms with van der Waals surface area (Å²) in [6, 6.07) is 20.9. The Morgan fingerprint density at radius 2 is 1.94 bits per heavy atom. The maximum atomic E-state index is 11.2. The van der Waals surface area contributed by atoms with Gasteiger partial charge >= 0.3 is 5.97 Å². The number of rotatable bonds is 6. The molecule has 5 rings (SSSR count). The van der Waals surface area contributed by atoms with Crippen molar-refractivity contribution in [1.29, 1.82) is 0 Å². The molecule has 1 fully saturated rings. The van der Waals surface area contributed by atoms with Gasteiger partial charge in [-0.25, -0.2) is 4.79 Å². The zero-order chi connectivity index (χ0) is 24.5. The van der Waals surface area contributed by atoms with Crippen LogP contribution in [0.4, 0.5) is 5.69 Å². The zero-order valence-corrected chi connectivity index (χ0v) is 20.1. The summed E-state index contributed by atoms with van der Waals surface area (Å²) in [6.07, 6.45) is 1.74. The van der Waals surface area contributed by atoms with E-state index in [0.29, 0.717) is 27.4 Å². The molecular weight excluding hydrogens is 486 g/mol. The van der Waals surface area contributed by atoms with Crippen molar-refractivity contribution in [2.75, 3.05) is 12.0 Å². The van der Waals surface area contributed by atoms with E-state index in [-0.39, 0.29) is 17.6 Å². The Morgan fingerprint density at radius 1 is 1.14 bits per heavy atom. The fourth-order valence-corrected chi connectivity index (χ4v) is 4.77. The van der Waals surface area contributed by atoms with E-state index in [9.17, 15) is 9.90 Å². The molecular formula is C26H20ClN3O4S. The monoisotopic (exact) mass is 505 g/mol. The molecule has 2 N–H and O–H groups in total. The van der Waals surface area contributed by atoms with E-state index in [0.717, 1.165) is 16.9 Å². The third-order valence-electron chi connectivity index (χ3n) is 5.85. The van der Waals surface area contributed by atoms with Crippen molar-refractivity contribution in [2.24, 2.45) is 0 Å². The molecule has 3 heterocycles. The van der Waals surface area contributed by atoms with Crippen molar-refractivity contribution in [3.05, 3.63) is 101 Å². The van der Waals surface area contributed by atoms with E-state index in [2.05, 4.69) is 10.3 Å². The maximum Gasteiger partial charge on any atom is 0.335 e. The fraction of sp³-hybridized carbons (Fsp3) is 0.115. The first-order valence-corrected chi connectivity index (χ1v) is 11.5. The number of ether oxygens (including phenoxy) is 1. The van der Waals surface area contributed by atoms with Crippen LogP contribution in [0.5, 0.6) is 5.75 Å². The van der Waals surface area contributed by atoms with E-state index < -0.39 is 5.97 Å². The number of pyridine rings is 1. The van der Waals surface area contributed by atoms with Gasteiger partial charge in [0.15, 0.2) is 5.11 Å². The van der Waals surface area contributed by atoms with Crippen LogP contribution < -0.4 is 15.0 Å². The van der Waals surface area contributed by atoms with E-state index in [1.165, 1.54) is 0 Å². The Hall–Kier alpha value is -3.88. The van der Waals surface area contributed by atoms with Gasteiger partial charge in [0.2, 0.25) is 0 Å². The molecule has 2 atom stereocenters. The van der Waals surface area contributed by atoms with Crippen LogP contribution in [0.2, 0.25) is 5.02 Å².